The summed E-state index contributed by atoms with van der Waals surface area (Å²) in [5.74, 6) is -2.50. The summed E-state index contributed by atoms with van der Waals surface area (Å²) in [6.07, 6.45) is 0. The SMILES string of the molecule is COC(=O)C1=C(O)[C@@H](C(=O)OC)[C@@H](c2ccc(N(C)C)cc2)P(C(C)(C)C)[C@H]1c1ccc(N(C)C)cc1. The first-order valence-electron chi connectivity index (χ1n) is 12.3. The number of nitrogens with zero attached hydrogens (tertiary/aromatic N) is 2. The smallest absolute Gasteiger partial charge is 0.338 e. The molecule has 4 atom stereocenters. The van der Waals surface area contributed by atoms with Gasteiger partial charge in [0.15, 0.2) is 0 Å². The van der Waals surface area contributed by atoms with E-state index in [-0.39, 0.29) is 22.1 Å². The van der Waals surface area contributed by atoms with Gasteiger partial charge < -0.3 is 24.4 Å². The molecule has 0 amide bonds. The van der Waals surface area contributed by atoms with Crippen LogP contribution in [0.15, 0.2) is 59.9 Å². The summed E-state index contributed by atoms with van der Waals surface area (Å²) in [5.41, 5.74) is 3.18. The molecule has 1 heterocycles. The van der Waals surface area contributed by atoms with Crippen molar-refractivity contribution >= 4 is 31.2 Å². The van der Waals surface area contributed by atoms with Gasteiger partial charge in [-0.2, -0.15) is 0 Å². The molecule has 0 spiro atoms. The molecular weight excluding hydrogens is 487 g/mol. The van der Waals surface area contributed by atoms with Crippen molar-refractivity contribution in [1.82, 2.24) is 0 Å². The number of hydrogen-bond acceptors (Lipinski definition) is 7. The summed E-state index contributed by atoms with van der Waals surface area (Å²) in [7, 11) is 9.32. The Hall–Kier alpha value is -3.05. The Balaban J connectivity index is 2.37. The molecule has 0 aliphatic carbocycles. The molecule has 200 valence electrons. The topological polar surface area (TPSA) is 79.3 Å². The van der Waals surface area contributed by atoms with Crippen LogP contribution in [0.4, 0.5) is 11.4 Å². The second kappa shape index (κ2) is 11.1. The van der Waals surface area contributed by atoms with E-state index >= 15 is 0 Å². The van der Waals surface area contributed by atoms with Gasteiger partial charge in [0, 0.05) is 50.9 Å². The molecule has 0 aromatic heterocycles. The highest BCUT2D eigenvalue weighted by Gasteiger charge is 2.54. The maximum absolute atomic E-state index is 13.3. The summed E-state index contributed by atoms with van der Waals surface area (Å²) in [6, 6.07) is 16.1. The van der Waals surface area contributed by atoms with E-state index in [1.807, 2.05) is 86.5 Å². The van der Waals surface area contributed by atoms with Gasteiger partial charge in [-0.3, -0.25) is 4.79 Å². The first kappa shape index (κ1) is 28.5. The van der Waals surface area contributed by atoms with Gasteiger partial charge in [-0.25, -0.2) is 4.79 Å². The fraction of sp³-hybridized carbons (Fsp3) is 0.448. The third kappa shape index (κ3) is 5.62. The van der Waals surface area contributed by atoms with Crippen LogP contribution in [-0.4, -0.2) is 64.6 Å². The average Bonchev–Trinajstić information content (AvgIpc) is 2.86. The van der Waals surface area contributed by atoms with Crippen molar-refractivity contribution in [3.05, 3.63) is 71.0 Å². The lowest BCUT2D eigenvalue weighted by atomic mass is 9.90. The zero-order valence-corrected chi connectivity index (χ0v) is 24.2. The number of aliphatic hydroxyl groups excluding tert-OH is 1. The Morgan fingerprint density at radius 3 is 1.65 bits per heavy atom. The number of rotatable bonds is 6. The lowest BCUT2D eigenvalue weighted by Gasteiger charge is -2.49. The van der Waals surface area contributed by atoms with Crippen molar-refractivity contribution in [2.45, 2.75) is 37.2 Å². The molecular formula is C29H39N2O5P. The summed E-state index contributed by atoms with van der Waals surface area (Å²) in [6.45, 7) is 6.39. The number of hydrogen-bond donors (Lipinski definition) is 1. The molecule has 0 radical (unpaired) electrons. The van der Waals surface area contributed by atoms with E-state index in [2.05, 4.69) is 20.8 Å². The molecule has 7 nitrogen and oxygen atoms in total. The molecule has 1 aliphatic rings. The Kier molecular flexibility index (Phi) is 8.59. The largest absolute Gasteiger partial charge is 0.511 e. The molecule has 3 rings (SSSR count). The van der Waals surface area contributed by atoms with Crippen molar-refractivity contribution in [3.8, 4) is 0 Å². The monoisotopic (exact) mass is 526 g/mol. The molecule has 1 aliphatic heterocycles. The second-order valence-corrected chi connectivity index (χ2v) is 13.9. The number of carbonyl (C=O) groups is 2. The summed E-state index contributed by atoms with van der Waals surface area (Å²) >= 11 is 0. The number of ether oxygens (including phenoxy) is 2. The van der Waals surface area contributed by atoms with E-state index in [4.69, 9.17) is 9.47 Å². The van der Waals surface area contributed by atoms with Crippen LogP contribution in [-0.2, 0) is 19.1 Å². The highest BCUT2D eigenvalue weighted by atomic mass is 31.1. The number of methoxy groups -OCH3 is 2. The van der Waals surface area contributed by atoms with Crippen molar-refractivity contribution < 1.29 is 24.2 Å². The van der Waals surface area contributed by atoms with Crippen LogP contribution in [0, 0.1) is 5.92 Å². The third-order valence-corrected chi connectivity index (χ3v) is 10.7. The van der Waals surface area contributed by atoms with Crippen molar-refractivity contribution in [2.24, 2.45) is 5.92 Å². The predicted molar refractivity (Wildman–Crippen MR) is 151 cm³/mol. The molecule has 0 saturated carbocycles. The quantitative estimate of drug-likeness (QED) is 0.384. The van der Waals surface area contributed by atoms with E-state index in [0.717, 1.165) is 22.5 Å². The van der Waals surface area contributed by atoms with Gasteiger partial charge >= 0.3 is 11.9 Å². The minimum absolute atomic E-state index is 0.137. The minimum atomic E-state index is -1.17. The molecule has 0 bridgehead atoms. The van der Waals surface area contributed by atoms with Crippen LogP contribution in [0.5, 0.6) is 0 Å². The molecule has 2 aromatic carbocycles. The number of carbonyl (C=O) groups excluding carboxylic acids is 2. The van der Waals surface area contributed by atoms with Gasteiger partial charge in [0.05, 0.1) is 19.8 Å². The number of benzene rings is 2. The minimum Gasteiger partial charge on any atom is -0.511 e. The van der Waals surface area contributed by atoms with Crippen LogP contribution >= 0.6 is 7.92 Å². The maximum atomic E-state index is 13.3. The van der Waals surface area contributed by atoms with Crippen LogP contribution in [0.3, 0.4) is 0 Å². The third-order valence-electron chi connectivity index (χ3n) is 6.85. The van der Waals surface area contributed by atoms with E-state index < -0.39 is 31.4 Å². The van der Waals surface area contributed by atoms with E-state index in [1.165, 1.54) is 14.2 Å². The summed E-state index contributed by atoms with van der Waals surface area (Å²) < 4.78 is 10.4. The van der Waals surface area contributed by atoms with Crippen molar-refractivity contribution in [1.29, 1.82) is 0 Å². The normalized spacial score (nSPS) is 21.9. The molecule has 37 heavy (non-hydrogen) atoms. The Morgan fingerprint density at radius 1 is 0.811 bits per heavy atom. The molecule has 8 heteroatoms. The molecule has 0 saturated heterocycles. The van der Waals surface area contributed by atoms with Gasteiger partial charge in [0.1, 0.15) is 11.7 Å². The zero-order valence-electron chi connectivity index (χ0n) is 23.3. The van der Waals surface area contributed by atoms with Crippen LogP contribution in [0.1, 0.15) is 43.2 Å². The zero-order chi connectivity index (χ0) is 27.7. The number of aliphatic hydroxyl groups is 1. The highest BCUT2D eigenvalue weighted by Crippen LogP contribution is 2.76. The molecule has 2 aromatic rings. The van der Waals surface area contributed by atoms with Gasteiger partial charge in [-0.05, 0) is 40.5 Å². The van der Waals surface area contributed by atoms with Crippen molar-refractivity contribution in [3.63, 3.8) is 0 Å². The summed E-state index contributed by atoms with van der Waals surface area (Å²) in [5, 5.41) is 11.3. The Labute approximate surface area is 221 Å². The lowest BCUT2D eigenvalue weighted by molar-refractivity contribution is -0.145. The lowest BCUT2D eigenvalue weighted by Crippen LogP contribution is -2.37. The van der Waals surface area contributed by atoms with E-state index in [1.54, 1.807) is 0 Å². The highest BCUT2D eigenvalue weighted by molar-refractivity contribution is 7.60. The van der Waals surface area contributed by atoms with Gasteiger partial charge in [0.25, 0.3) is 0 Å². The van der Waals surface area contributed by atoms with Gasteiger partial charge in [-0.15, -0.1) is 0 Å². The Morgan fingerprint density at radius 2 is 1.27 bits per heavy atom. The molecule has 1 N–H and O–H groups in total. The second-order valence-electron chi connectivity index (χ2n) is 10.7. The predicted octanol–water partition coefficient (Wildman–Crippen LogP) is 5.67. The fourth-order valence-corrected chi connectivity index (χ4v) is 9.04. The summed E-state index contributed by atoms with van der Waals surface area (Å²) in [4.78, 5) is 30.5. The Bertz CT molecular complexity index is 1150. The molecule has 1 unspecified atom stereocenters. The standard InChI is InChI=1S/C29H39N2O5P/c1-29(2,3)37-25(18-10-14-20(15-11-18)30(4)5)22(27(33)35-8)24(32)23(28(34)36-9)26(37)19-12-16-21(17-13-19)31(6)7/h10-17,22,25-26,32H,1-9H3/t22-,25-,26+,37?/m1/s1. The maximum Gasteiger partial charge on any atom is 0.338 e. The first-order chi connectivity index (χ1) is 17.3. The van der Waals surface area contributed by atoms with Gasteiger partial charge in [-0.1, -0.05) is 53.0 Å². The number of esters is 2. The fourth-order valence-electron chi connectivity index (χ4n) is 5.02. The average molecular weight is 527 g/mol. The molecule has 0 fully saturated rings. The van der Waals surface area contributed by atoms with E-state index in [9.17, 15) is 14.7 Å². The first-order valence-corrected chi connectivity index (χ1v) is 13.7. The van der Waals surface area contributed by atoms with E-state index in [0.29, 0.717) is 0 Å². The van der Waals surface area contributed by atoms with Crippen LogP contribution in [0.25, 0.3) is 0 Å². The van der Waals surface area contributed by atoms with Crippen LogP contribution in [0.2, 0.25) is 0 Å². The van der Waals surface area contributed by atoms with Gasteiger partial charge in [0.2, 0.25) is 0 Å². The van der Waals surface area contributed by atoms with Crippen molar-refractivity contribution in [2.75, 3.05) is 52.2 Å². The van der Waals surface area contributed by atoms with Crippen LogP contribution < -0.4 is 9.80 Å². The number of anilines is 2.